The van der Waals surface area contributed by atoms with E-state index in [2.05, 4.69) is 68.7 Å². The molecule has 11 atom stereocenters. The molecule has 0 spiro atoms. The van der Waals surface area contributed by atoms with Crippen LogP contribution in [0.2, 0.25) is 0 Å². The molecule has 1 amide bonds. The lowest BCUT2D eigenvalue weighted by atomic mass is 9.43. The lowest BCUT2D eigenvalue weighted by Gasteiger charge is -2.63. The number of nitrogens with zero attached hydrogens (tertiary/aromatic N) is 4. The summed E-state index contributed by atoms with van der Waals surface area (Å²) in [6.45, 7) is 7.50. The Morgan fingerprint density at radius 2 is 2.08 bits per heavy atom. The topological polar surface area (TPSA) is 147 Å². The van der Waals surface area contributed by atoms with Gasteiger partial charge in [-0.1, -0.05) is 25.9 Å². The standard InChI is InChI=1S/C29H45IN6O3/c1-16(4-7-25(39)32-11-9-19-15-33-27(30)34-19)20-5-6-21-26-22(14-24(38)29(20,21)3)28(2)10-8-18(35-36-31)12-17(28)13-23(26)37/h15-18,20-24,26,37-38H,4-14H2,1-3H3,(H,32,39)(H,33,34)/t16-,17+,18+,20-,21?,22+,23-,24+,26+,28+,29-/m1/s1. The van der Waals surface area contributed by atoms with Crippen LogP contribution in [0.1, 0.15) is 84.3 Å². The van der Waals surface area contributed by atoms with Crippen LogP contribution in [0.25, 0.3) is 10.4 Å². The number of hydrogen-bond acceptors (Lipinski definition) is 5. The fourth-order valence-corrected chi connectivity index (χ4v) is 10.2. The van der Waals surface area contributed by atoms with Crippen LogP contribution in [0, 0.1) is 50.2 Å². The number of hydrogen-bond donors (Lipinski definition) is 4. The van der Waals surface area contributed by atoms with Crippen molar-refractivity contribution in [1.29, 1.82) is 0 Å². The maximum Gasteiger partial charge on any atom is 0.220 e. The van der Waals surface area contributed by atoms with E-state index in [0.29, 0.717) is 42.6 Å². The lowest BCUT2D eigenvalue weighted by molar-refractivity contribution is -0.202. The molecule has 10 heteroatoms. The molecule has 4 aliphatic carbocycles. The first-order chi connectivity index (χ1) is 18.6. The average molecular weight is 653 g/mol. The Labute approximate surface area is 245 Å². The normalized spacial score (nSPS) is 42.0. The molecule has 4 aliphatic rings. The molecule has 0 bridgehead atoms. The number of aromatic nitrogens is 2. The second kappa shape index (κ2) is 11.5. The van der Waals surface area contributed by atoms with Crippen LogP contribution in [0.4, 0.5) is 0 Å². The lowest BCUT2D eigenvalue weighted by Crippen LogP contribution is -2.62. The number of aliphatic hydroxyl groups is 2. The van der Waals surface area contributed by atoms with E-state index < -0.39 is 6.10 Å². The number of aromatic amines is 1. The molecular weight excluding hydrogens is 607 g/mol. The number of rotatable bonds is 8. The number of carbonyl (C=O) groups is 1. The number of imidazole rings is 1. The van der Waals surface area contributed by atoms with Crippen LogP contribution >= 0.6 is 22.6 Å². The van der Waals surface area contributed by atoms with Crippen molar-refractivity contribution >= 4 is 28.5 Å². The summed E-state index contributed by atoms with van der Waals surface area (Å²) in [6.07, 6.45) is 9.44. The Hall–Kier alpha value is -1.36. The van der Waals surface area contributed by atoms with Crippen LogP contribution < -0.4 is 5.32 Å². The van der Waals surface area contributed by atoms with Gasteiger partial charge in [0.05, 0.1) is 12.2 Å². The van der Waals surface area contributed by atoms with Crippen molar-refractivity contribution in [3.8, 4) is 0 Å². The van der Waals surface area contributed by atoms with Crippen molar-refractivity contribution in [1.82, 2.24) is 15.3 Å². The summed E-state index contributed by atoms with van der Waals surface area (Å²) in [5.74, 6) is 1.89. The Morgan fingerprint density at radius 1 is 1.28 bits per heavy atom. The third kappa shape index (κ3) is 5.35. The van der Waals surface area contributed by atoms with Gasteiger partial charge in [0.1, 0.15) is 0 Å². The van der Waals surface area contributed by atoms with Crippen molar-refractivity contribution in [3.05, 3.63) is 26.2 Å². The van der Waals surface area contributed by atoms with Gasteiger partial charge in [-0.15, -0.1) is 0 Å². The molecule has 1 aromatic heterocycles. The maximum absolute atomic E-state index is 12.6. The molecule has 216 valence electrons. The maximum atomic E-state index is 12.6. The summed E-state index contributed by atoms with van der Waals surface area (Å²) in [7, 11) is 0. The molecule has 39 heavy (non-hydrogen) atoms. The first-order valence-electron chi connectivity index (χ1n) is 14.9. The highest BCUT2D eigenvalue weighted by Gasteiger charge is 2.65. The third-order valence-electron chi connectivity index (χ3n) is 11.9. The van der Waals surface area contributed by atoms with Gasteiger partial charge < -0.3 is 20.5 Å². The van der Waals surface area contributed by atoms with Gasteiger partial charge in [0, 0.05) is 42.2 Å². The van der Waals surface area contributed by atoms with Crippen molar-refractivity contribution < 1.29 is 15.0 Å². The van der Waals surface area contributed by atoms with Crippen LogP contribution in [-0.4, -0.2) is 50.9 Å². The molecule has 0 saturated heterocycles. The van der Waals surface area contributed by atoms with Crippen LogP contribution in [-0.2, 0) is 11.2 Å². The molecule has 4 saturated carbocycles. The molecule has 5 rings (SSSR count). The van der Waals surface area contributed by atoms with Crippen LogP contribution in [0.3, 0.4) is 0 Å². The smallest absolute Gasteiger partial charge is 0.220 e. The minimum atomic E-state index is -0.401. The van der Waals surface area contributed by atoms with Gasteiger partial charge in [-0.25, -0.2) is 4.98 Å². The van der Waals surface area contributed by atoms with Gasteiger partial charge in [0.2, 0.25) is 5.91 Å². The second-order valence-electron chi connectivity index (χ2n) is 13.5. The predicted molar refractivity (Wildman–Crippen MR) is 157 cm³/mol. The van der Waals surface area contributed by atoms with Crippen molar-refractivity contribution in [2.24, 2.45) is 51.5 Å². The van der Waals surface area contributed by atoms with Crippen molar-refractivity contribution in [2.45, 2.75) is 103 Å². The first kappa shape index (κ1) is 29.1. The average Bonchev–Trinajstić information content (AvgIpc) is 3.47. The van der Waals surface area contributed by atoms with Crippen molar-refractivity contribution in [3.63, 3.8) is 0 Å². The molecule has 4 N–H and O–H groups in total. The zero-order valence-electron chi connectivity index (χ0n) is 23.5. The summed E-state index contributed by atoms with van der Waals surface area (Å²) in [4.78, 5) is 23.0. The molecule has 1 unspecified atom stereocenters. The largest absolute Gasteiger partial charge is 0.393 e. The van der Waals surface area contributed by atoms with E-state index in [1.165, 1.54) is 0 Å². The van der Waals surface area contributed by atoms with Crippen LogP contribution in [0.15, 0.2) is 11.3 Å². The number of amides is 1. The molecule has 0 radical (unpaired) electrons. The molecular formula is C29H45IN6O3. The fourth-order valence-electron chi connectivity index (χ4n) is 9.75. The number of H-pyrrole nitrogens is 1. The fraction of sp³-hybridized carbons (Fsp3) is 0.862. The van der Waals surface area contributed by atoms with Crippen LogP contribution in [0.5, 0.6) is 0 Å². The summed E-state index contributed by atoms with van der Waals surface area (Å²) in [5, 5.41) is 30.4. The number of aliphatic hydroxyl groups excluding tert-OH is 2. The van der Waals surface area contributed by atoms with Gasteiger partial charge in [0.15, 0.2) is 3.83 Å². The van der Waals surface area contributed by atoms with Gasteiger partial charge >= 0.3 is 0 Å². The first-order valence-corrected chi connectivity index (χ1v) is 16.0. The predicted octanol–water partition coefficient (Wildman–Crippen LogP) is 5.37. The zero-order valence-corrected chi connectivity index (χ0v) is 25.7. The van der Waals surface area contributed by atoms with Gasteiger partial charge in [-0.2, -0.15) is 0 Å². The zero-order chi connectivity index (χ0) is 27.9. The number of azide groups is 1. The van der Waals surface area contributed by atoms with Gasteiger partial charge in [-0.3, -0.25) is 4.79 Å². The molecule has 4 fully saturated rings. The Bertz CT molecular complexity index is 1090. The summed E-state index contributed by atoms with van der Waals surface area (Å²) >= 11 is 2.14. The Morgan fingerprint density at radius 3 is 2.79 bits per heavy atom. The van der Waals surface area contributed by atoms with Gasteiger partial charge in [0.25, 0.3) is 0 Å². The number of carbonyl (C=O) groups excluding carboxylic acids is 1. The van der Waals surface area contributed by atoms with E-state index in [1.807, 2.05) is 6.20 Å². The minimum absolute atomic E-state index is 0.0267. The minimum Gasteiger partial charge on any atom is -0.393 e. The quantitative estimate of drug-likeness (QED) is 0.129. The SMILES string of the molecule is C[C@H](CCC(=O)NCCc1cnc(I)[nH]1)[C@H]1CCC2[C@@H]3[C@H](O)C[C@@H]4C[C@@H](N=[N+]=[N-])CC[C@]4(C)[C@H]3C[C@H](O)[C@@]21C. The molecule has 1 aromatic rings. The summed E-state index contributed by atoms with van der Waals surface area (Å²) < 4.78 is 0.856. The Balaban J connectivity index is 1.21. The summed E-state index contributed by atoms with van der Waals surface area (Å²) in [5.41, 5.74) is 9.82. The molecule has 1 heterocycles. The Kier molecular flexibility index (Phi) is 8.59. The van der Waals surface area contributed by atoms with E-state index in [9.17, 15) is 15.0 Å². The third-order valence-corrected chi connectivity index (χ3v) is 12.4. The van der Waals surface area contributed by atoms with E-state index in [-0.39, 0.29) is 34.8 Å². The monoisotopic (exact) mass is 652 g/mol. The highest BCUT2D eigenvalue weighted by atomic mass is 127. The highest BCUT2D eigenvalue weighted by Crippen LogP contribution is 2.68. The van der Waals surface area contributed by atoms with E-state index >= 15 is 0 Å². The molecule has 0 aromatic carbocycles. The second-order valence-corrected chi connectivity index (χ2v) is 14.6. The number of halogens is 1. The highest BCUT2D eigenvalue weighted by molar-refractivity contribution is 14.1. The summed E-state index contributed by atoms with van der Waals surface area (Å²) in [6, 6.07) is 0.0267. The van der Waals surface area contributed by atoms with Gasteiger partial charge in [-0.05, 0) is 126 Å². The number of fused-ring (bicyclic) bond motifs is 5. The van der Waals surface area contributed by atoms with E-state index in [0.717, 1.165) is 67.3 Å². The van der Waals surface area contributed by atoms with E-state index in [4.69, 9.17) is 5.53 Å². The number of nitrogens with one attached hydrogen (secondary N) is 2. The molecule has 0 aliphatic heterocycles. The van der Waals surface area contributed by atoms with Crippen molar-refractivity contribution in [2.75, 3.05) is 6.54 Å². The molecule has 9 nitrogen and oxygen atoms in total. The van der Waals surface area contributed by atoms with E-state index in [1.54, 1.807) is 0 Å².